The smallest absolute Gasteiger partial charge is 0.226 e. The van der Waals surface area contributed by atoms with Gasteiger partial charge in [0, 0.05) is 11.8 Å². The van der Waals surface area contributed by atoms with Gasteiger partial charge in [0.05, 0.1) is 0 Å². The standard InChI is InChI=1S/C14H21N3O2S/c1-10(17-19)12-9-20-14(15-12)16-13(18)8-11-6-4-2-3-5-7-11/h9,11,19H,2-8H2,1H3,(H,15,16,18). The van der Waals surface area contributed by atoms with E-state index in [0.717, 1.165) is 12.8 Å². The molecule has 0 bridgehead atoms. The summed E-state index contributed by atoms with van der Waals surface area (Å²) in [5.74, 6) is 0.550. The minimum absolute atomic E-state index is 0.0383. The van der Waals surface area contributed by atoms with Crippen LogP contribution in [0.15, 0.2) is 10.5 Å². The van der Waals surface area contributed by atoms with Gasteiger partial charge in [0.1, 0.15) is 11.4 Å². The summed E-state index contributed by atoms with van der Waals surface area (Å²) >= 11 is 1.35. The van der Waals surface area contributed by atoms with Crippen LogP contribution < -0.4 is 5.32 Å². The Morgan fingerprint density at radius 3 is 2.80 bits per heavy atom. The van der Waals surface area contributed by atoms with Crippen molar-refractivity contribution in [2.45, 2.75) is 51.9 Å². The van der Waals surface area contributed by atoms with Gasteiger partial charge in [-0.2, -0.15) is 0 Å². The second-order valence-corrected chi connectivity index (χ2v) is 6.19. The van der Waals surface area contributed by atoms with E-state index < -0.39 is 0 Å². The summed E-state index contributed by atoms with van der Waals surface area (Å²) in [5, 5.41) is 17.0. The van der Waals surface area contributed by atoms with E-state index in [1.54, 1.807) is 12.3 Å². The summed E-state index contributed by atoms with van der Waals surface area (Å²) in [6, 6.07) is 0. The summed E-state index contributed by atoms with van der Waals surface area (Å²) in [7, 11) is 0. The van der Waals surface area contributed by atoms with E-state index in [9.17, 15) is 4.79 Å². The van der Waals surface area contributed by atoms with Crippen LogP contribution in [0.5, 0.6) is 0 Å². The van der Waals surface area contributed by atoms with Crippen LogP contribution >= 0.6 is 11.3 Å². The quantitative estimate of drug-likeness (QED) is 0.385. The molecule has 0 saturated heterocycles. The Hall–Kier alpha value is -1.43. The van der Waals surface area contributed by atoms with E-state index in [1.165, 1.54) is 37.0 Å². The van der Waals surface area contributed by atoms with Gasteiger partial charge in [0.15, 0.2) is 5.13 Å². The normalized spacial score (nSPS) is 17.8. The van der Waals surface area contributed by atoms with Crippen LogP contribution in [0.25, 0.3) is 0 Å². The lowest BCUT2D eigenvalue weighted by molar-refractivity contribution is -0.117. The molecule has 0 radical (unpaired) electrons. The van der Waals surface area contributed by atoms with E-state index >= 15 is 0 Å². The van der Waals surface area contributed by atoms with Crippen LogP contribution in [-0.4, -0.2) is 21.8 Å². The van der Waals surface area contributed by atoms with Crippen LogP contribution in [0.3, 0.4) is 0 Å². The first-order valence-electron chi connectivity index (χ1n) is 7.13. The molecule has 0 aliphatic heterocycles. The van der Waals surface area contributed by atoms with E-state index in [2.05, 4.69) is 15.5 Å². The molecule has 2 N–H and O–H groups in total. The zero-order valence-electron chi connectivity index (χ0n) is 11.8. The monoisotopic (exact) mass is 295 g/mol. The third-order valence-corrected chi connectivity index (χ3v) is 4.48. The fraction of sp³-hybridized carbons (Fsp3) is 0.643. The molecule has 0 aromatic carbocycles. The molecular formula is C14H21N3O2S. The summed E-state index contributed by atoms with van der Waals surface area (Å²) in [6.07, 6.45) is 7.99. The second-order valence-electron chi connectivity index (χ2n) is 5.33. The SMILES string of the molecule is CC(=NO)c1csc(NC(=O)CC2CCCCCC2)n1. The number of hydrogen-bond acceptors (Lipinski definition) is 5. The lowest BCUT2D eigenvalue weighted by atomic mass is 9.96. The van der Waals surface area contributed by atoms with Crippen molar-refractivity contribution in [1.29, 1.82) is 0 Å². The highest BCUT2D eigenvalue weighted by Gasteiger charge is 2.17. The number of thiazole rings is 1. The van der Waals surface area contributed by atoms with Gasteiger partial charge in [-0.25, -0.2) is 4.98 Å². The summed E-state index contributed by atoms with van der Waals surface area (Å²) in [6.45, 7) is 1.67. The Labute approximate surface area is 123 Å². The van der Waals surface area contributed by atoms with E-state index in [1.807, 2.05) is 0 Å². The van der Waals surface area contributed by atoms with Crippen LogP contribution in [0.1, 0.15) is 57.6 Å². The first kappa shape index (κ1) is 15.0. The van der Waals surface area contributed by atoms with Crippen molar-refractivity contribution in [2.75, 3.05) is 5.32 Å². The highest BCUT2D eigenvalue weighted by atomic mass is 32.1. The molecule has 6 heteroatoms. The highest BCUT2D eigenvalue weighted by Crippen LogP contribution is 2.26. The molecule has 1 aliphatic carbocycles. The Bertz CT molecular complexity index is 477. The van der Waals surface area contributed by atoms with Crippen LogP contribution in [-0.2, 0) is 4.79 Å². The third-order valence-electron chi connectivity index (χ3n) is 3.72. The molecule has 5 nitrogen and oxygen atoms in total. The van der Waals surface area contributed by atoms with Crippen molar-refractivity contribution in [3.05, 3.63) is 11.1 Å². The predicted molar refractivity (Wildman–Crippen MR) is 80.6 cm³/mol. The molecule has 1 amide bonds. The van der Waals surface area contributed by atoms with Gasteiger partial charge in [0.2, 0.25) is 5.91 Å². The molecule has 1 heterocycles. The number of nitrogens with zero attached hydrogens (tertiary/aromatic N) is 2. The van der Waals surface area contributed by atoms with Crippen LogP contribution in [0.2, 0.25) is 0 Å². The van der Waals surface area contributed by atoms with Crippen LogP contribution in [0.4, 0.5) is 5.13 Å². The Morgan fingerprint density at radius 2 is 2.15 bits per heavy atom. The second kappa shape index (κ2) is 7.38. The molecule has 0 unspecified atom stereocenters. The van der Waals surface area contributed by atoms with Crippen molar-refractivity contribution in [3.63, 3.8) is 0 Å². The largest absolute Gasteiger partial charge is 0.411 e. The predicted octanol–water partition coefficient (Wildman–Crippen LogP) is 3.64. The number of carbonyl (C=O) groups excluding carboxylic acids is 1. The van der Waals surface area contributed by atoms with Gasteiger partial charge in [-0.15, -0.1) is 11.3 Å². The summed E-state index contributed by atoms with van der Waals surface area (Å²) in [4.78, 5) is 16.2. The topological polar surface area (TPSA) is 74.6 Å². The number of amides is 1. The van der Waals surface area contributed by atoms with E-state index in [-0.39, 0.29) is 5.91 Å². The van der Waals surface area contributed by atoms with Gasteiger partial charge < -0.3 is 10.5 Å². The number of oxime groups is 1. The first-order valence-corrected chi connectivity index (χ1v) is 8.01. The summed E-state index contributed by atoms with van der Waals surface area (Å²) < 4.78 is 0. The van der Waals surface area contributed by atoms with Gasteiger partial charge >= 0.3 is 0 Å². The van der Waals surface area contributed by atoms with Crippen molar-refractivity contribution in [1.82, 2.24) is 4.98 Å². The molecule has 1 fully saturated rings. The Balaban J connectivity index is 1.86. The maximum atomic E-state index is 12.0. The van der Waals surface area contributed by atoms with Crippen LogP contribution in [0, 0.1) is 5.92 Å². The summed E-state index contributed by atoms with van der Waals surface area (Å²) in [5.41, 5.74) is 1.05. The molecule has 20 heavy (non-hydrogen) atoms. The maximum Gasteiger partial charge on any atom is 0.226 e. The molecule has 1 aliphatic rings. The number of anilines is 1. The third kappa shape index (κ3) is 4.30. The Kier molecular flexibility index (Phi) is 5.52. The number of nitrogens with one attached hydrogen (secondary N) is 1. The molecule has 1 saturated carbocycles. The molecular weight excluding hydrogens is 274 g/mol. The molecule has 1 aromatic heterocycles. The fourth-order valence-electron chi connectivity index (χ4n) is 2.55. The zero-order chi connectivity index (χ0) is 14.4. The minimum Gasteiger partial charge on any atom is -0.411 e. The van der Waals surface area contributed by atoms with Crippen molar-refractivity contribution in [3.8, 4) is 0 Å². The van der Waals surface area contributed by atoms with Crippen molar-refractivity contribution >= 4 is 28.1 Å². The molecule has 0 atom stereocenters. The zero-order valence-corrected chi connectivity index (χ0v) is 12.6. The number of rotatable bonds is 4. The van der Waals surface area contributed by atoms with E-state index in [0.29, 0.717) is 28.9 Å². The van der Waals surface area contributed by atoms with Crippen molar-refractivity contribution in [2.24, 2.45) is 11.1 Å². The molecule has 110 valence electrons. The van der Waals surface area contributed by atoms with E-state index in [4.69, 9.17) is 5.21 Å². The minimum atomic E-state index is 0.0383. The van der Waals surface area contributed by atoms with Gasteiger partial charge in [-0.3, -0.25) is 4.79 Å². The number of aromatic nitrogens is 1. The Morgan fingerprint density at radius 1 is 1.45 bits per heavy atom. The number of hydrogen-bond donors (Lipinski definition) is 2. The van der Waals surface area contributed by atoms with Gasteiger partial charge in [-0.1, -0.05) is 30.8 Å². The lowest BCUT2D eigenvalue weighted by Crippen LogP contribution is -2.16. The van der Waals surface area contributed by atoms with Crippen molar-refractivity contribution < 1.29 is 10.0 Å². The van der Waals surface area contributed by atoms with Gasteiger partial charge in [0.25, 0.3) is 0 Å². The fourth-order valence-corrected chi connectivity index (χ4v) is 3.32. The average molecular weight is 295 g/mol. The lowest BCUT2D eigenvalue weighted by Gasteiger charge is -2.12. The molecule has 2 rings (SSSR count). The van der Waals surface area contributed by atoms with Gasteiger partial charge in [-0.05, 0) is 25.7 Å². The highest BCUT2D eigenvalue weighted by molar-refractivity contribution is 7.14. The average Bonchev–Trinajstić information content (AvgIpc) is 2.74. The molecule has 1 aromatic rings. The number of carbonyl (C=O) groups is 1. The first-order chi connectivity index (χ1) is 9.69. The maximum absolute atomic E-state index is 12.0. The molecule has 0 spiro atoms.